The molecule has 2 aromatic carbocycles. The number of hydrogen-bond acceptors (Lipinski definition) is 2. The van der Waals surface area contributed by atoms with Crippen LogP contribution in [0.25, 0.3) is 0 Å². The van der Waals surface area contributed by atoms with E-state index in [-0.39, 0.29) is 5.91 Å². The molecule has 1 amide bonds. The fourth-order valence-electron chi connectivity index (χ4n) is 3.10. The van der Waals surface area contributed by atoms with Crippen LogP contribution in [0.3, 0.4) is 0 Å². The number of amides is 1. The van der Waals surface area contributed by atoms with Gasteiger partial charge >= 0.3 is 0 Å². The first-order chi connectivity index (χ1) is 11.7. The maximum Gasteiger partial charge on any atom is 0.253 e. The van der Waals surface area contributed by atoms with Crippen LogP contribution in [0.1, 0.15) is 22.3 Å². The molecule has 1 saturated heterocycles. The molecule has 0 saturated carbocycles. The van der Waals surface area contributed by atoms with E-state index in [0.29, 0.717) is 5.02 Å². The summed E-state index contributed by atoms with van der Waals surface area (Å²) in [5.74, 6) is 0.107. The van der Waals surface area contributed by atoms with Crippen molar-refractivity contribution in [1.29, 1.82) is 0 Å². The third-order valence-corrected chi connectivity index (χ3v) is 4.79. The normalized spacial score (nSPS) is 15.5. The van der Waals surface area contributed by atoms with Gasteiger partial charge in [0.05, 0.1) is 0 Å². The van der Waals surface area contributed by atoms with Gasteiger partial charge in [-0.05, 0) is 49.2 Å². The van der Waals surface area contributed by atoms with Gasteiger partial charge in [-0.3, -0.25) is 9.69 Å². The van der Waals surface area contributed by atoms with E-state index in [0.717, 1.165) is 51.1 Å². The Hall–Kier alpha value is -1.84. The Bertz CT molecular complexity index is 649. The number of nitrogens with zero attached hydrogens (tertiary/aromatic N) is 2. The number of benzene rings is 2. The molecule has 2 aromatic rings. The predicted octanol–water partition coefficient (Wildman–Crippen LogP) is 3.73. The van der Waals surface area contributed by atoms with Gasteiger partial charge in [0.1, 0.15) is 0 Å². The minimum absolute atomic E-state index is 0.107. The molecule has 0 unspecified atom stereocenters. The van der Waals surface area contributed by atoms with E-state index < -0.39 is 0 Å². The summed E-state index contributed by atoms with van der Waals surface area (Å²) in [6.45, 7) is 4.60. The van der Waals surface area contributed by atoms with Crippen molar-refractivity contribution in [2.75, 3.05) is 32.7 Å². The Morgan fingerprint density at radius 1 is 0.917 bits per heavy atom. The van der Waals surface area contributed by atoms with E-state index in [1.54, 1.807) is 24.3 Å². The van der Waals surface area contributed by atoms with Crippen molar-refractivity contribution in [2.45, 2.75) is 12.8 Å². The van der Waals surface area contributed by atoms with Crippen molar-refractivity contribution in [3.8, 4) is 0 Å². The first-order valence-corrected chi connectivity index (χ1v) is 8.91. The monoisotopic (exact) mass is 342 g/mol. The minimum Gasteiger partial charge on any atom is -0.336 e. The Morgan fingerprint density at radius 2 is 1.58 bits per heavy atom. The van der Waals surface area contributed by atoms with E-state index in [1.165, 1.54) is 5.56 Å². The lowest BCUT2D eigenvalue weighted by molar-refractivity contribution is 0.0636. The van der Waals surface area contributed by atoms with Crippen molar-refractivity contribution in [3.05, 3.63) is 70.7 Å². The van der Waals surface area contributed by atoms with E-state index in [4.69, 9.17) is 11.6 Å². The van der Waals surface area contributed by atoms with Gasteiger partial charge in [0.2, 0.25) is 0 Å². The van der Waals surface area contributed by atoms with Gasteiger partial charge in [-0.2, -0.15) is 0 Å². The maximum atomic E-state index is 12.5. The van der Waals surface area contributed by atoms with Crippen molar-refractivity contribution in [2.24, 2.45) is 0 Å². The average Bonchev–Trinajstić information content (AvgIpc) is 2.63. The lowest BCUT2D eigenvalue weighted by Gasteiger charge is -2.34. The molecule has 1 heterocycles. The van der Waals surface area contributed by atoms with E-state index in [9.17, 15) is 4.79 Å². The summed E-state index contributed by atoms with van der Waals surface area (Å²) >= 11 is 5.88. The highest BCUT2D eigenvalue weighted by molar-refractivity contribution is 6.30. The minimum atomic E-state index is 0.107. The second-order valence-corrected chi connectivity index (χ2v) is 6.67. The van der Waals surface area contributed by atoms with Gasteiger partial charge in [-0.25, -0.2) is 0 Å². The molecule has 0 atom stereocenters. The van der Waals surface area contributed by atoms with Crippen LogP contribution in [0.4, 0.5) is 0 Å². The molecule has 126 valence electrons. The molecular formula is C20H23ClN2O. The third-order valence-electron chi connectivity index (χ3n) is 4.53. The Labute approximate surface area is 148 Å². The molecule has 0 radical (unpaired) electrons. The number of piperazine rings is 1. The van der Waals surface area contributed by atoms with E-state index in [1.807, 2.05) is 4.90 Å². The van der Waals surface area contributed by atoms with Crippen molar-refractivity contribution < 1.29 is 4.79 Å². The summed E-state index contributed by atoms with van der Waals surface area (Å²) in [5, 5.41) is 0.662. The second-order valence-electron chi connectivity index (χ2n) is 6.23. The lowest BCUT2D eigenvalue weighted by atomic mass is 10.1. The summed E-state index contributed by atoms with van der Waals surface area (Å²) < 4.78 is 0. The van der Waals surface area contributed by atoms with Crippen molar-refractivity contribution >= 4 is 17.5 Å². The number of carbonyl (C=O) groups excluding carboxylic acids is 1. The molecule has 0 aromatic heterocycles. The summed E-state index contributed by atoms with van der Waals surface area (Å²) in [7, 11) is 0. The van der Waals surface area contributed by atoms with Gasteiger partial charge < -0.3 is 4.90 Å². The molecule has 1 aliphatic heterocycles. The SMILES string of the molecule is O=C(c1ccc(Cl)cc1)N1CCN(CCCc2ccccc2)CC1. The molecule has 0 aliphatic carbocycles. The van der Waals surface area contributed by atoms with Crippen LogP contribution in [0.2, 0.25) is 5.02 Å². The highest BCUT2D eigenvalue weighted by atomic mass is 35.5. The summed E-state index contributed by atoms with van der Waals surface area (Å²) in [6, 6.07) is 17.8. The number of halogens is 1. The summed E-state index contributed by atoms with van der Waals surface area (Å²) in [5.41, 5.74) is 2.12. The predicted molar refractivity (Wildman–Crippen MR) is 98.6 cm³/mol. The van der Waals surface area contributed by atoms with Crippen LogP contribution >= 0.6 is 11.6 Å². The third kappa shape index (κ3) is 4.59. The Balaban J connectivity index is 1.42. The van der Waals surface area contributed by atoms with Crippen LogP contribution < -0.4 is 0 Å². The second kappa shape index (κ2) is 8.32. The van der Waals surface area contributed by atoms with Crippen LogP contribution in [-0.2, 0) is 6.42 Å². The molecular weight excluding hydrogens is 320 g/mol. The molecule has 3 rings (SSSR count). The number of carbonyl (C=O) groups is 1. The first kappa shape index (κ1) is 17.0. The highest BCUT2D eigenvalue weighted by Gasteiger charge is 2.21. The van der Waals surface area contributed by atoms with E-state index in [2.05, 4.69) is 35.2 Å². The van der Waals surface area contributed by atoms with Gasteiger partial charge in [0.25, 0.3) is 5.91 Å². The molecule has 0 bridgehead atoms. The number of rotatable bonds is 5. The summed E-state index contributed by atoms with van der Waals surface area (Å²) in [6.07, 6.45) is 2.28. The lowest BCUT2D eigenvalue weighted by Crippen LogP contribution is -2.48. The highest BCUT2D eigenvalue weighted by Crippen LogP contribution is 2.13. The molecule has 3 nitrogen and oxygen atoms in total. The standard InChI is InChI=1S/C20H23ClN2O/c21-19-10-8-18(9-11-19)20(24)23-15-13-22(14-16-23)12-4-7-17-5-2-1-3-6-17/h1-3,5-6,8-11H,4,7,12-16H2. The molecule has 0 N–H and O–H groups in total. The molecule has 24 heavy (non-hydrogen) atoms. The number of aryl methyl sites for hydroxylation is 1. The fourth-order valence-corrected chi connectivity index (χ4v) is 3.23. The molecule has 4 heteroatoms. The van der Waals surface area contributed by atoms with Crippen molar-refractivity contribution in [3.63, 3.8) is 0 Å². The molecule has 0 spiro atoms. The van der Waals surface area contributed by atoms with E-state index >= 15 is 0 Å². The average molecular weight is 343 g/mol. The zero-order valence-corrected chi connectivity index (χ0v) is 14.6. The zero-order valence-electron chi connectivity index (χ0n) is 13.8. The topological polar surface area (TPSA) is 23.6 Å². The van der Waals surface area contributed by atoms with Crippen molar-refractivity contribution in [1.82, 2.24) is 9.80 Å². The van der Waals surface area contributed by atoms with Gasteiger partial charge in [-0.15, -0.1) is 0 Å². The Morgan fingerprint density at radius 3 is 2.25 bits per heavy atom. The number of hydrogen-bond donors (Lipinski definition) is 0. The van der Waals surface area contributed by atoms with Crippen LogP contribution in [-0.4, -0.2) is 48.4 Å². The van der Waals surface area contributed by atoms with Gasteiger partial charge in [0, 0.05) is 36.8 Å². The maximum absolute atomic E-state index is 12.5. The molecule has 1 fully saturated rings. The largest absolute Gasteiger partial charge is 0.336 e. The van der Waals surface area contributed by atoms with Crippen LogP contribution in [0.15, 0.2) is 54.6 Å². The van der Waals surface area contributed by atoms with Gasteiger partial charge in [-0.1, -0.05) is 41.9 Å². The fraction of sp³-hybridized carbons (Fsp3) is 0.350. The smallest absolute Gasteiger partial charge is 0.253 e. The quantitative estimate of drug-likeness (QED) is 0.826. The zero-order chi connectivity index (χ0) is 16.8. The van der Waals surface area contributed by atoms with Gasteiger partial charge in [0.15, 0.2) is 0 Å². The molecule has 1 aliphatic rings. The first-order valence-electron chi connectivity index (χ1n) is 8.53. The van der Waals surface area contributed by atoms with Crippen LogP contribution in [0.5, 0.6) is 0 Å². The Kier molecular flexibility index (Phi) is 5.89. The summed E-state index contributed by atoms with van der Waals surface area (Å²) in [4.78, 5) is 16.9. The van der Waals surface area contributed by atoms with Crippen LogP contribution in [0, 0.1) is 0 Å².